The summed E-state index contributed by atoms with van der Waals surface area (Å²) in [6.45, 7) is 3.49. The Morgan fingerprint density at radius 3 is 2.70 bits per heavy atom. The summed E-state index contributed by atoms with van der Waals surface area (Å²) in [5.74, 6) is -0.907. The van der Waals surface area contributed by atoms with E-state index in [1.165, 1.54) is 6.92 Å². The van der Waals surface area contributed by atoms with Crippen LogP contribution in [0.2, 0.25) is 0 Å². The molecule has 1 atom stereocenters. The van der Waals surface area contributed by atoms with Gasteiger partial charge in [0.15, 0.2) is 9.84 Å². The highest BCUT2D eigenvalue weighted by molar-refractivity contribution is 7.92. The highest BCUT2D eigenvalue weighted by Gasteiger charge is 2.28. The molecule has 0 aliphatic carbocycles. The Morgan fingerprint density at radius 2 is 2.10 bits per heavy atom. The average Bonchev–Trinajstić information content (AvgIpc) is 2.40. The van der Waals surface area contributed by atoms with Gasteiger partial charge < -0.3 is 10.1 Å². The molecule has 1 N–H and O–H groups in total. The number of nitrogens with one attached hydrogen (secondary N) is 1. The maximum atomic E-state index is 11.9. The van der Waals surface area contributed by atoms with Crippen LogP contribution in [0.1, 0.15) is 13.8 Å². The van der Waals surface area contributed by atoms with Crippen molar-refractivity contribution in [1.82, 2.24) is 0 Å². The third kappa shape index (κ3) is 3.96. The predicted molar refractivity (Wildman–Crippen MR) is 75.1 cm³/mol. The summed E-state index contributed by atoms with van der Waals surface area (Å²) in [4.78, 5) is 11.9. The first kappa shape index (κ1) is 16.0. The van der Waals surface area contributed by atoms with E-state index in [-0.39, 0.29) is 0 Å². The van der Waals surface area contributed by atoms with Crippen molar-refractivity contribution in [3.8, 4) is 11.8 Å². The van der Waals surface area contributed by atoms with E-state index in [0.717, 1.165) is 0 Å². The monoisotopic (exact) mass is 296 g/mol. The summed E-state index contributed by atoms with van der Waals surface area (Å²) in [7, 11) is -3.77. The lowest BCUT2D eigenvalue weighted by Gasteiger charge is -2.14. The van der Waals surface area contributed by atoms with Crippen molar-refractivity contribution in [3.05, 3.63) is 24.3 Å². The number of anilines is 1. The first-order chi connectivity index (χ1) is 9.42. The Hall–Kier alpha value is -2.07. The van der Waals surface area contributed by atoms with Crippen LogP contribution in [0.15, 0.2) is 24.3 Å². The van der Waals surface area contributed by atoms with Gasteiger partial charge in [0.25, 0.3) is 0 Å². The van der Waals surface area contributed by atoms with Crippen LogP contribution in [-0.2, 0) is 14.6 Å². The summed E-state index contributed by atoms with van der Waals surface area (Å²) in [6.07, 6.45) is 0. The normalized spacial score (nSPS) is 12.2. The van der Waals surface area contributed by atoms with Crippen molar-refractivity contribution in [2.75, 3.05) is 17.7 Å². The number of nitrogens with zero attached hydrogens (tertiary/aromatic N) is 1. The van der Waals surface area contributed by atoms with Gasteiger partial charge in [-0.2, -0.15) is 5.26 Å². The number of nitriles is 1. The lowest BCUT2D eigenvalue weighted by Crippen LogP contribution is -2.34. The Labute approximate surface area is 118 Å². The van der Waals surface area contributed by atoms with Gasteiger partial charge in [0.1, 0.15) is 16.8 Å². The molecule has 0 fully saturated rings. The van der Waals surface area contributed by atoms with Crippen molar-refractivity contribution < 1.29 is 17.9 Å². The molecular formula is C13H16N2O4S. The third-order valence-corrected chi connectivity index (χ3v) is 4.44. The third-order valence-electron chi connectivity index (χ3n) is 2.62. The molecule has 0 aliphatic heterocycles. The van der Waals surface area contributed by atoms with Crippen LogP contribution in [-0.4, -0.2) is 31.9 Å². The van der Waals surface area contributed by atoms with Crippen LogP contribution in [0.25, 0.3) is 0 Å². The fourth-order valence-electron chi connectivity index (χ4n) is 1.46. The van der Waals surface area contributed by atoms with Crippen molar-refractivity contribution in [2.24, 2.45) is 0 Å². The molecule has 6 nitrogen and oxygen atoms in total. The van der Waals surface area contributed by atoms with E-state index in [1.54, 1.807) is 37.3 Å². The van der Waals surface area contributed by atoms with Crippen LogP contribution >= 0.6 is 0 Å². The number of benzene rings is 1. The summed E-state index contributed by atoms with van der Waals surface area (Å²) in [6, 6.07) is 8.29. The molecule has 1 amide bonds. The second kappa shape index (κ2) is 6.91. The summed E-state index contributed by atoms with van der Waals surface area (Å²) >= 11 is 0. The number of amides is 1. The van der Waals surface area contributed by atoms with Crippen molar-refractivity contribution in [2.45, 2.75) is 19.1 Å². The molecule has 1 aromatic rings. The highest BCUT2D eigenvalue weighted by atomic mass is 32.2. The number of para-hydroxylation sites is 2. The summed E-state index contributed by atoms with van der Waals surface area (Å²) in [5, 5.41) is 9.67. The average molecular weight is 296 g/mol. The molecule has 0 saturated carbocycles. The fraction of sp³-hybridized carbons (Fsp3) is 0.385. The maximum Gasteiger partial charge on any atom is 0.242 e. The standard InChI is InChI=1S/C13H16N2O4S/c1-3-19-12-7-5-4-6-11(12)15-13(16)10(2)20(17,18)9-8-14/h4-7,10H,3,9H2,1-2H3,(H,15,16). The van der Waals surface area contributed by atoms with E-state index in [1.807, 2.05) is 0 Å². The molecule has 108 valence electrons. The van der Waals surface area contributed by atoms with Gasteiger partial charge in [-0.3, -0.25) is 4.79 Å². The van der Waals surface area contributed by atoms with E-state index in [0.29, 0.717) is 18.0 Å². The molecule has 1 aromatic carbocycles. The largest absolute Gasteiger partial charge is 0.492 e. The van der Waals surface area contributed by atoms with Gasteiger partial charge in [0.2, 0.25) is 5.91 Å². The minimum atomic E-state index is -3.77. The van der Waals surface area contributed by atoms with Gasteiger partial charge >= 0.3 is 0 Å². The van der Waals surface area contributed by atoms with Gasteiger partial charge in [-0.05, 0) is 26.0 Å². The first-order valence-corrected chi connectivity index (χ1v) is 7.75. The van der Waals surface area contributed by atoms with Gasteiger partial charge in [-0.15, -0.1) is 0 Å². The second-order valence-electron chi connectivity index (χ2n) is 4.03. The van der Waals surface area contributed by atoms with E-state index in [4.69, 9.17) is 10.00 Å². The quantitative estimate of drug-likeness (QED) is 0.854. The molecule has 0 spiro atoms. The van der Waals surface area contributed by atoms with Gasteiger partial charge in [0, 0.05) is 0 Å². The van der Waals surface area contributed by atoms with Gasteiger partial charge in [-0.1, -0.05) is 12.1 Å². The van der Waals surface area contributed by atoms with E-state index < -0.39 is 26.7 Å². The number of carbonyl (C=O) groups is 1. The number of sulfone groups is 1. The van der Waals surface area contributed by atoms with Gasteiger partial charge in [0.05, 0.1) is 18.4 Å². The van der Waals surface area contributed by atoms with E-state index in [9.17, 15) is 13.2 Å². The van der Waals surface area contributed by atoms with Crippen LogP contribution < -0.4 is 10.1 Å². The molecular weight excluding hydrogens is 280 g/mol. The zero-order valence-corrected chi connectivity index (χ0v) is 12.1. The molecule has 0 radical (unpaired) electrons. The minimum Gasteiger partial charge on any atom is -0.492 e. The summed E-state index contributed by atoms with van der Waals surface area (Å²) < 4.78 is 28.7. The zero-order chi connectivity index (χ0) is 15.2. The molecule has 1 rings (SSSR count). The van der Waals surface area contributed by atoms with Crippen molar-refractivity contribution in [3.63, 3.8) is 0 Å². The molecule has 0 bridgehead atoms. The smallest absolute Gasteiger partial charge is 0.242 e. The molecule has 0 heterocycles. The van der Waals surface area contributed by atoms with Crippen LogP contribution in [0, 0.1) is 11.3 Å². The summed E-state index contributed by atoms with van der Waals surface area (Å²) in [5.41, 5.74) is 0.401. The Morgan fingerprint density at radius 1 is 1.45 bits per heavy atom. The van der Waals surface area contributed by atoms with E-state index >= 15 is 0 Å². The lowest BCUT2D eigenvalue weighted by molar-refractivity contribution is -0.115. The molecule has 7 heteroatoms. The SMILES string of the molecule is CCOc1ccccc1NC(=O)C(C)S(=O)(=O)CC#N. The fourth-order valence-corrected chi connectivity index (χ4v) is 2.28. The van der Waals surface area contributed by atoms with Crippen molar-refractivity contribution in [1.29, 1.82) is 5.26 Å². The Balaban J connectivity index is 2.89. The first-order valence-electron chi connectivity index (χ1n) is 6.03. The van der Waals surface area contributed by atoms with Crippen LogP contribution in [0.5, 0.6) is 5.75 Å². The molecule has 0 saturated heterocycles. The zero-order valence-electron chi connectivity index (χ0n) is 11.3. The maximum absolute atomic E-state index is 11.9. The number of ether oxygens (including phenoxy) is 1. The van der Waals surface area contributed by atoms with Gasteiger partial charge in [-0.25, -0.2) is 8.42 Å². The number of hydrogen-bond acceptors (Lipinski definition) is 5. The van der Waals surface area contributed by atoms with E-state index in [2.05, 4.69) is 5.32 Å². The predicted octanol–water partition coefficient (Wildman–Crippen LogP) is 1.35. The molecule has 0 aromatic heterocycles. The Bertz CT molecular complexity index is 620. The molecule has 1 unspecified atom stereocenters. The molecule has 0 aliphatic rings. The number of carbonyl (C=O) groups excluding carboxylic acids is 1. The molecule has 20 heavy (non-hydrogen) atoms. The lowest BCUT2D eigenvalue weighted by atomic mass is 10.3. The van der Waals surface area contributed by atoms with Crippen LogP contribution in [0.4, 0.5) is 5.69 Å². The highest BCUT2D eigenvalue weighted by Crippen LogP contribution is 2.24. The topological polar surface area (TPSA) is 96.3 Å². The number of hydrogen-bond donors (Lipinski definition) is 1. The van der Waals surface area contributed by atoms with Crippen molar-refractivity contribution >= 4 is 21.4 Å². The second-order valence-corrected chi connectivity index (χ2v) is 6.35. The Kier molecular flexibility index (Phi) is 5.53. The minimum absolute atomic E-state index is 0.401. The number of rotatable bonds is 6. The van der Waals surface area contributed by atoms with Crippen LogP contribution in [0.3, 0.4) is 0 Å².